The molecule has 0 spiro atoms. The Bertz CT molecular complexity index is 1890. The van der Waals surface area contributed by atoms with Crippen LogP contribution in [0, 0.1) is 5.92 Å². The number of aromatic nitrogens is 1. The zero-order valence-corrected chi connectivity index (χ0v) is 28.8. The number of carbonyl (C=O) groups excluding carboxylic acids is 2. The van der Waals surface area contributed by atoms with E-state index in [4.69, 9.17) is 16.3 Å². The fourth-order valence-corrected chi connectivity index (χ4v) is 7.71. The van der Waals surface area contributed by atoms with Crippen molar-refractivity contribution in [3.63, 3.8) is 0 Å². The van der Waals surface area contributed by atoms with Crippen LogP contribution in [-0.2, 0) is 4.74 Å². The topological polar surface area (TPSA) is 77.7 Å². The molecule has 2 aliphatic rings. The standard InChI is InChI=1S/C41H43ClN4O3/c1-27(2)45-20-18-28(19-21-45)24-46(41(48)49-26-36-33-14-8-6-12-31(33)32-13-7-9-15-34(32)36)25-39(29-10-4-3-5-11-29)44-40(47)30-16-17-35-37(42)23-43-38(35)22-30/h3-17,22-23,27-28,36,39,43H,18-21,24-26H2,1-2H3,(H,44,47)/t39-/m1/s1. The Morgan fingerprint density at radius 2 is 1.57 bits per heavy atom. The highest BCUT2D eigenvalue weighted by Gasteiger charge is 2.32. The number of hydrogen-bond donors (Lipinski definition) is 2. The number of amides is 2. The van der Waals surface area contributed by atoms with Gasteiger partial charge in [0, 0.05) is 47.7 Å². The Hall–Kier alpha value is -4.59. The number of likely N-dealkylation sites (tertiary alicyclic amines) is 1. The zero-order chi connectivity index (χ0) is 33.9. The zero-order valence-electron chi connectivity index (χ0n) is 28.1. The number of piperidine rings is 1. The van der Waals surface area contributed by atoms with E-state index in [-0.39, 0.29) is 31.1 Å². The van der Waals surface area contributed by atoms with Crippen molar-refractivity contribution in [2.75, 3.05) is 32.8 Å². The fraction of sp³-hybridized carbons (Fsp3) is 0.317. The number of benzene rings is 4. The van der Waals surface area contributed by atoms with E-state index >= 15 is 0 Å². The van der Waals surface area contributed by atoms with Crippen molar-refractivity contribution in [1.82, 2.24) is 20.1 Å². The summed E-state index contributed by atoms with van der Waals surface area (Å²) in [5, 5.41) is 4.72. The van der Waals surface area contributed by atoms with Gasteiger partial charge in [-0.05, 0) is 85.6 Å². The highest BCUT2D eigenvalue weighted by molar-refractivity contribution is 6.35. The van der Waals surface area contributed by atoms with Crippen LogP contribution < -0.4 is 5.32 Å². The molecule has 1 saturated heterocycles. The van der Waals surface area contributed by atoms with Gasteiger partial charge in [-0.1, -0.05) is 96.5 Å². The third-order valence-corrected chi connectivity index (χ3v) is 10.6. The van der Waals surface area contributed by atoms with Gasteiger partial charge in [0.25, 0.3) is 5.91 Å². The van der Waals surface area contributed by atoms with Gasteiger partial charge in [-0.2, -0.15) is 0 Å². The molecule has 1 fully saturated rings. The quantitative estimate of drug-likeness (QED) is 0.155. The molecule has 2 N–H and O–H groups in total. The van der Waals surface area contributed by atoms with E-state index in [0.717, 1.165) is 42.4 Å². The minimum atomic E-state index is -0.451. The molecular formula is C41H43ClN4O3. The molecule has 1 aromatic heterocycles. The summed E-state index contributed by atoms with van der Waals surface area (Å²) in [6.07, 6.45) is 3.38. The molecule has 0 unspecified atom stereocenters. The molecule has 0 saturated carbocycles. The van der Waals surface area contributed by atoms with Crippen LogP contribution in [0.1, 0.15) is 65.7 Å². The lowest BCUT2D eigenvalue weighted by Crippen LogP contribution is -2.46. The normalized spacial score (nSPS) is 15.6. The summed E-state index contributed by atoms with van der Waals surface area (Å²) in [5.74, 6) is 0.0790. The first-order valence-electron chi connectivity index (χ1n) is 17.3. The molecule has 1 aliphatic carbocycles. The largest absolute Gasteiger partial charge is 0.448 e. The Balaban J connectivity index is 1.13. The predicted octanol–water partition coefficient (Wildman–Crippen LogP) is 8.66. The summed E-state index contributed by atoms with van der Waals surface area (Å²) in [6, 6.07) is 32.1. The van der Waals surface area contributed by atoms with Gasteiger partial charge < -0.3 is 24.8 Å². The van der Waals surface area contributed by atoms with Crippen LogP contribution in [-0.4, -0.2) is 65.6 Å². The van der Waals surface area contributed by atoms with Crippen molar-refractivity contribution in [2.45, 2.75) is 44.7 Å². The van der Waals surface area contributed by atoms with E-state index in [1.165, 1.54) is 22.3 Å². The van der Waals surface area contributed by atoms with Crippen LogP contribution in [0.3, 0.4) is 0 Å². The molecule has 5 aromatic rings. The Morgan fingerprint density at radius 1 is 0.918 bits per heavy atom. The summed E-state index contributed by atoms with van der Waals surface area (Å²) in [5.41, 5.74) is 6.98. The number of nitrogens with one attached hydrogen (secondary N) is 2. The van der Waals surface area contributed by atoms with Crippen molar-refractivity contribution in [3.8, 4) is 11.1 Å². The van der Waals surface area contributed by atoms with Crippen LogP contribution in [0.25, 0.3) is 22.0 Å². The second-order valence-corrected chi connectivity index (χ2v) is 14.0. The molecule has 8 heteroatoms. The number of hydrogen-bond acceptors (Lipinski definition) is 4. The molecule has 2 heterocycles. The molecule has 1 aliphatic heterocycles. The first-order chi connectivity index (χ1) is 23.9. The second kappa shape index (κ2) is 14.5. The van der Waals surface area contributed by atoms with Crippen molar-refractivity contribution in [3.05, 3.63) is 131 Å². The highest BCUT2D eigenvalue weighted by Crippen LogP contribution is 2.44. The van der Waals surface area contributed by atoms with Crippen molar-refractivity contribution in [1.29, 1.82) is 0 Å². The molecule has 0 radical (unpaired) electrons. The molecule has 49 heavy (non-hydrogen) atoms. The van der Waals surface area contributed by atoms with Gasteiger partial charge in [0.1, 0.15) is 6.61 Å². The number of aromatic amines is 1. The number of rotatable bonds is 10. The maximum Gasteiger partial charge on any atom is 0.409 e. The number of fused-ring (bicyclic) bond motifs is 4. The van der Waals surface area contributed by atoms with Crippen LogP contribution in [0.2, 0.25) is 5.02 Å². The van der Waals surface area contributed by atoms with Gasteiger partial charge in [0.05, 0.1) is 11.1 Å². The van der Waals surface area contributed by atoms with Crippen LogP contribution >= 0.6 is 11.6 Å². The lowest BCUT2D eigenvalue weighted by Gasteiger charge is -2.37. The second-order valence-electron chi connectivity index (χ2n) is 13.6. The average molecular weight is 675 g/mol. The molecule has 7 nitrogen and oxygen atoms in total. The fourth-order valence-electron chi connectivity index (χ4n) is 7.49. The summed E-state index contributed by atoms with van der Waals surface area (Å²) < 4.78 is 6.23. The van der Waals surface area contributed by atoms with E-state index in [2.05, 4.69) is 65.4 Å². The SMILES string of the molecule is CC(C)N1CCC(CN(C[C@@H](NC(=O)c2ccc3c(Cl)c[nH]c3c2)c2ccccc2)C(=O)OCC2c3ccccc3-c3ccccc32)CC1. The molecule has 1 atom stereocenters. The molecule has 0 bridgehead atoms. The maximum absolute atomic E-state index is 14.2. The first-order valence-corrected chi connectivity index (χ1v) is 17.7. The van der Waals surface area contributed by atoms with Gasteiger partial charge >= 0.3 is 6.09 Å². The molecule has 4 aromatic carbocycles. The van der Waals surface area contributed by atoms with E-state index in [0.29, 0.717) is 29.1 Å². The monoisotopic (exact) mass is 674 g/mol. The number of ether oxygens (including phenoxy) is 1. The van der Waals surface area contributed by atoms with E-state index in [1.54, 1.807) is 12.3 Å². The average Bonchev–Trinajstić information content (AvgIpc) is 3.67. The highest BCUT2D eigenvalue weighted by atomic mass is 35.5. The minimum Gasteiger partial charge on any atom is -0.448 e. The van der Waals surface area contributed by atoms with Gasteiger partial charge in [-0.25, -0.2) is 4.79 Å². The summed E-state index contributed by atoms with van der Waals surface area (Å²) in [7, 11) is 0. The first kappa shape index (κ1) is 32.9. The minimum absolute atomic E-state index is 0.0338. The molecule has 2 amide bonds. The Kier molecular flexibility index (Phi) is 9.74. The van der Waals surface area contributed by atoms with Crippen LogP contribution in [0.15, 0.2) is 103 Å². The summed E-state index contributed by atoms with van der Waals surface area (Å²) >= 11 is 6.29. The summed E-state index contributed by atoms with van der Waals surface area (Å²) in [6.45, 7) is 7.57. The predicted molar refractivity (Wildman–Crippen MR) is 196 cm³/mol. The van der Waals surface area contributed by atoms with Gasteiger partial charge in [0.15, 0.2) is 0 Å². The maximum atomic E-state index is 14.2. The van der Waals surface area contributed by atoms with Crippen LogP contribution in [0.5, 0.6) is 0 Å². The number of carbonyl (C=O) groups is 2. The van der Waals surface area contributed by atoms with Gasteiger partial charge in [0.2, 0.25) is 0 Å². The molecule has 7 rings (SSSR count). The molecular weight excluding hydrogens is 632 g/mol. The number of H-pyrrole nitrogens is 1. The smallest absolute Gasteiger partial charge is 0.409 e. The van der Waals surface area contributed by atoms with Gasteiger partial charge in [-0.15, -0.1) is 0 Å². The third-order valence-electron chi connectivity index (χ3n) is 10.3. The van der Waals surface area contributed by atoms with E-state index < -0.39 is 6.04 Å². The number of halogens is 1. The third kappa shape index (κ3) is 7.10. The number of nitrogens with zero attached hydrogens (tertiary/aromatic N) is 2. The Labute approximate surface area is 293 Å². The van der Waals surface area contributed by atoms with Crippen molar-refractivity contribution in [2.24, 2.45) is 5.92 Å². The lowest BCUT2D eigenvalue weighted by molar-refractivity contribution is 0.0739. The molecule has 252 valence electrons. The van der Waals surface area contributed by atoms with Gasteiger partial charge in [-0.3, -0.25) is 4.79 Å². The van der Waals surface area contributed by atoms with E-state index in [1.807, 2.05) is 59.5 Å². The Morgan fingerprint density at radius 3 is 2.24 bits per heavy atom. The summed E-state index contributed by atoms with van der Waals surface area (Å²) in [4.78, 5) is 35.4. The lowest BCUT2D eigenvalue weighted by atomic mass is 9.95. The van der Waals surface area contributed by atoms with E-state index in [9.17, 15) is 9.59 Å². The van der Waals surface area contributed by atoms with Crippen molar-refractivity contribution >= 4 is 34.5 Å². The van der Waals surface area contributed by atoms with Crippen LogP contribution in [0.4, 0.5) is 4.79 Å². The van der Waals surface area contributed by atoms with Crippen molar-refractivity contribution < 1.29 is 14.3 Å².